The third-order valence-corrected chi connectivity index (χ3v) is 5.13. The van der Waals surface area contributed by atoms with Crippen molar-refractivity contribution < 1.29 is 9.53 Å². The Morgan fingerprint density at radius 3 is 2.54 bits per heavy atom. The van der Waals surface area contributed by atoms with Crippen molar-refractivity contribution in [2.75, 3.05) is 0 Å². The van der Waals surface area contributed by atoms with E-state index >= 15 is 0 Å². The number of aromatic nitrogens is 1. The van der Waals surface area contributed by atoms with Crippen molar-refractivity contribution in [3.63, 3.8) is 0 Å². The minimum absolute atomic E-state index is 0.101. The molecule has 3 rings (SSSR count). The zero-order valence-corrected chi connectivity index (χ0v) is 15.5. The molecule has 1 saturated carbocycles. The average molecular weight is 354 g/mol. The van der Waals surface area contributed by atoms with Gasteiger partial charge in [-0.3, -0.25) is 4.79 Å². The SMILES string of the molecule is Cc1cc(OC(=O)NCc2ccccc2)c(=O)n(C2CCCCC2)c1C. The van der Waals surface area contributed by atoms with Crippen LogP contribution >= 0.6 is 0 Å². The summed E-state index contributed by atoms with van der Waals surface area (Å²) in [4.78, 5) is 25.0. The molecule has 1 fully saturated rings. The van der Waals surface area contributed by atoms with E-state index in [1.165, 1.54) is 6.42 Å². The third kappa shape index (κ3) is 4.15. The number of benzene rings is 1. The van der Waals surface area contributed by atoms with Crippen LogP contribution in [0.15, 0.2) is 41.2 Å². The average Bonchev–Trinajstić information content (AvgIpc) is 2.66. The first-order valence-corrected chi connectivity index (χ1v) is 9.28. The topological polar surface area (TPSA) is 60.3 Å². The molecule has 0 bridgehead atoms. The highest BCUT2D eigenvalue weighted by Gasteiger charge is 2.22. The predicted molar refractivity (Wildman–Crippen MR) is 102 cm³/mol. The summed E-state index contributed by atoms with van der Waals surface area (Å²) in [5, 5.41) is 2.70. The number of pyridine rings is 1. The van der Waals surface area contributed by atoms with Gasteiger partial charge in [-0.05, 0) is 43.9 Å². The van der Waals surface area contributed by atoms with E-state index in [9.17, 15) is 9.59 Å². The number of hydrogen-bond acceptors (Lipinski definition) is 3. The van der Waals surface area contributed by atoms with Crippen LogP contribution in [0.25, 0.3) is 0 Å². The summed E-state index contributed by atoms with van der Waals surface area (Å²) >= 11 is 0. The maximum atomic E-state index is 12.9. The monoisotopic (exact) mass is 354 g/mol. The summed E-state index contributed by atoms with van der Waals surface area (Å²) < 4.78 is 7.18. The van der Waals surface area contributed by atoms with Crippen molar-refractivity contribution in [2.45, 2.75) is 58.5 Å². The molecule has 1 aliphatic rings. The number of amides is 1. The van der Waals surface area contributed by atoms with Crippen LogP contribution in [0.2, 0.25) is 0 Å². The van der Waals surface area contributed by atoms with Gasteiger partial charge in [0.05, 0.1) is 0 Å². The smallest absolute Gasteiger partial charge is 0.404 e. The second kappa shape index (κ2) is 8.21. The van der Waals surface area contributed by atoms with Crippen LogP contribution in [-0.4, -0.2) is 10.7 Å². The molecule has 0 spiro atoms. The zero-order chi connectivity index (χ0) is 18.5. The van der Waals surface area contributed by atoms with Gasteiger partial charge in [0, 0.05) is 18.3 Å². The van der Waals surface area contributed by atoms with Gasteiger partial charge in [0.15, 0.2) is 5.75 Å². The Morgan fingerprint density at radius 2 is 1.85 bits per heavy atom. The standard InChI is InChI=1S/C21H26N2O3/c1-15-13-19(26-21(25)22-14-17-9-5-3-6-10-17)20(24)23(16(15)2)18-11-7-4-8-12-18/h3,5-6,9-10,13,18H,4,7-8,11-12,14H2,1-2H3,(H,22,25). The Labute approximate surface area is 154 Å². The molecule has 1 amide bonds. The molecule has 0 atom stereocenters. The second-order valence-electron chi connectivity index (χ2n) is 6.97. The lowest BCUT2D eigenvalue weighted by Gasteiger charge is -2.27. The van der Waals surface area contributed by atoms with Crippen molar-refractivity contribution in [1.29, 1.82) is 0 Å². The van der Waals surface area contributed by atoms with Gasteiger partial charge < -0.3 is 14.6 Å². The highest BCUT2D eigenvalue weighted by atomic mass is 16.6. The minimum Gasteiger partial charge on any atom is -0.404 e. The van der Waals surface area contributed by atoms with Gasteiger partial charge in [-0.2, -0.15) is 0 Å². The Bertz CT molecular complexity index is 821. The van der Waals surface area contributed by atoms with Crippen LogP contribution < -0.4 is 15.6 Å². The number of nitrogens with one attached hydrogen (secondary N) is 1. The fourth-order valence-corrected chi connectivity index (χ4v) is 3.58. The summed E-state index contributed by atoms with van der Waals surface area (Å²) in [5.41, 5.74) is 2.68. The van der Waals surface area contributed by atoms with E-state index in [2.05, 4.69) is 5.32 Å². The van der Waals surface area contributed by atoms with Gasteiger partial charge >= 0.3 is 6.09 Å². The number of rotatable bonds is 4. The third-order valence-electron chi connectivity index (χ3n) is 5.13. The minimum atomic E-state index is -0.607. The van der Waals surface area contributed by atoms with Crippen LogP contribution in [0, 0.1) is 13.8 Å². The molecule has 26 heavy (non-hydrogen) atoms. The molecule has 1 aromatic heterocycles. The second-order valence-corrected chi connectivity index (χ2v) is 6.97. The van der Waals surface area contributed by atoms with E-state index in [0.717, 1.165) is 42.5 Å². The quantitative estimate of drug-likeness (QED) is 0.892. The highest BCUT2D eigenvalue weighted by molar-refractivity contribution is 5.70. The van der Waals surface area contributed by atoms with Crippen LogP contribution in [0.5, 0.6) is 5.75 Å². The van der Waals surface area contributed by atoms with Gasteiger partial charge in [0.2, 0.25) is 0 Å². The van der Waals surface area contributed by atoms with Gasteiger partial charge in [-0.1, -0.05) is 49.6 Å². The number of carbonyl (C=O) groups excluding carboxylic acids is 1. The molecule has 2 aromatic rings. The van der Waals surface area contributed by atoms with E-state index < -0.39 is 6.09 Å². The number of hydrogen-bond donors (Lipinski definition) is 1. The van der Waals surface area contributed by atoms with Gasteiger partial charge in [0.1, 0.15) is 0 Å². The van der Waals surface area contributed by atoms with E-state index in [4.69, 9.17) is 4.74 Å². The van der Waals surface area contributed by atoms with Gasteiger partial charge in [0.25, 0.3) is 5.56 Å². The van der Waals surface area contributed by atoms with Crippen molar-refractivity contribution in [1.82, 2.24) is 9.88 Å². The fraction of sp³-hybridized carbons (Fsp3) is 0.429. The summed E-state index contributed by atoms with van der Waals surface area (Å²) in [5.74, 6) is 0.101. The van der Waals surface area contributed by atoms with E-state index in [-0.39, 0.29) is 17.4 Å². The molecule has 0 unspecified atom stereocenters. The first kappa shape index (κ1) is 18.2. The largest absolute Gasteiger partial charge is 0.413 e. The molecule has 1 N–H and O–H groups in total. The molecule has 0 aliphatic heterocycles. The van der Waals surface area contributed by atoms with Crippen LogP contribution in [0.3, 0.4) is 0 Å². The predicted octanol–water partition coefficient (Wildman–Crippen LogP) is 4.26. The van der Waals surface area contributed by atoms with E-state index in [0.29, 0.717) is 6.54 Å². The lowest BCUT2D eigenvalue weighted by molar-refractivity contribution is 0.198. The number of nitrogens with zero attached hydrogens (tertiary/aromatic N) is 1. The van der Waals surface area contributed by atoms with E-state index in [1.807, 2.05) is 48.7 Å². The molecule has 0 radical (unpaired) electrons. The first-order chi connectivity index (χ1) is 12.6. The van der Waals surface area contributed by atoms with Crippen molar-refractivity contribution in [3.05, 3.63) is 63.6 Å². The van der Waals surface area contributed by atoms with Gasteiger partial charge in [-0.15, -0.1) is 0 Å². The first-order valence-electron chi connectivity index (χ1n) is 9.28. The van der Waals surface area contributed by atoms with Crippen molar-refractivity contribution in [2.24, 2.45) is 0 Å². The Kier molecular flexibility index (Phi) is 5.76. The molecule has 138 valence electrons. The van der Waals surface area contributed by atoms with Crippen LogP contribution in [-0.2, 0) is 6.54 Å². The maximum Gasteiger partial charge on any atom is 0.413 e. The molecule has 0 saturated heterocycles. The fourth-order valence-electron chi connectivity index (χ4n) is 3.58. The van der Waals surface area contributed by atoms with E-state index in [1.54, 1.807) is 6.07 Å². The molecule has 1 aliphatic carbocycles. The molecular weight excluding hydrogens is 328 g/mol. The van der Waals surface area contributed by atoms with Gasteiger partial charge in [-0.25, -0.2) is 4.79 Å². The summed E-state index contributed by atoms with van der Waals surface area (Å²) in [7, 11) is 0. The molecule has 5 heteroatoms. The Morgan fingerprint density at radius 1 is 1.15 bits per heavy atom. The summed E-state index contributed by atoms with van der Waals surface area (Å²) in [6.45, 7) is 4.27. The normalized spacial score (nSPS) is 14.8. The highest BCUT2D eigenvalue weighted by Crippen LogP contribution is 2.29. The Hall–Kier alpha value is -2.56. The van der Waals surface area contributed by atoms with Crippen molar-refractivity contribution >= 4 is 6.09 Å². The van der Waals surface area contributed by atoms with Crippen LogP contribution in [0.4, 0.5) is 4.79 Å². The number of carbonyl (C=O) groups is 1. The molecular formula is C21H26N2O3. The molecule has 1 heterocycles. The summed E-state index contributed by atoms with van der Waals surface area (Å²) in [6.07, 6.45) is 4.90. The molecule has 1 aromatic carbocycles. The lowest BCUT2D eigenvalue weighted by atomic mass is 9.94. The Balaban J connectivity index is 1.76. The maximum absolute atomic E-state index is 12.9. The van der Waals surface area contributed by atoms with Crippen LogP contribution in [0.1, 0.15) is 55.0 Å². The number of ether oxygens (including phenoxy) is 1. The summed E-state index contributed by atoms with van der Waals surface area (Å²) in [6, 6.07) is 11.5. The molecule has 5 nitrogen and oxygen atoms in total. The lowest BCUT2D eigenvalue weighted by Crippen LogP contribution is -2.33. The number of aryl methyl sites for hydroxylation is 1. The van der Waals surface area contributed by atoms with Crippen molar-refractivity contribution in [3.8, 4) is 5.75 Å². The zero-order valence-electron chi connectivity index (χ0n) is 15.5.